The number of rotatable bonds is 5. The lowest BCUT2D eigenvalue weighted by atomic mass is 10.1. The lowest BCUT2D eigenvalue weighted by molar-refractivity contribution is 0.102. The molecular formula is C21H24N4O2. The summed E-state index contributed by atoms with van der Waals surface area (Å²) < 4.78 is 7.45. The third-order valence-electron chi connectivity index (χ3n) is 5.09. The molecule has 0 atom stereocenters. The number of methoxy groups -OCH3 is 1. The predicted molar refractivity (Wildman–Crippen MR) is 106 cm³/mol. The van der Waals surface area contributed by atoms with Crippen molar-refractivity contribution in [3.63, 3.8) is 0 Å². The Morgan fingerprint density at radius 3 is 2.89 bits per heavy atom. The maximum atomic E-state index is 12.6. The monoisotopic (exact) mass is 364 g/mol. The van der Waals surface area contributed by atoms with Crippen LogP contribution < -0.4 is 5.32 Å². The van der Waals surface area contributed by atoms with E-state index in [1.807, 2.05) is 49.4 Å². The van der Waals surface area contributed by atoms with Gasteiger partial charge in [-0.05, 0) is 36.8 Å². The van der Waals surface area contributed by atoms with Crippen LogP contribution in [0.4, 0.5) is 5.69 Å². The fourth-order valence-corrected chi connectivity index (χ4v) is 3.59. The Bertz CT molecular complexity index is 979. The van der Waals surface area contributed by atoms with E-state index in [4.69, 9.17) is 9.72 Å². The van der Waals surface area contributed by atoms with Crippen LogP contribution in [0.15, 0.2) is 42.5 Å². The van der Waals surface area contributed by atoms with Gasteiger partial charge in [-0.2, -0.15) is 0 Å². The van der Waals surface area contributed by atoms with E-state index in [0.717, 1.165) is 60.9 Å². The molecular weight excluding hydrogens is 340 g/mol. The molecule has 1 aliphatic heterocycles. The second kappa shape index (κ2) is 7.50. The Kier molecular flexibility index (Phi) is 4.92. The summed E-state index contributed by atoms with van der Waals surface area (Å²) >= 11 is 0. The van der Waals surface area contributed by atoms with Gasteiger partial charge in [-0.3, -0.25) is 9.69 Å². The lowest BCUT2D eigenvalue weighted by Crippen LogP contribution is -2.35. The van der Waals surface area contributed by atoms with Gasteiger partial charge in [-0.25, -0.2) is 4.98 Å². The highest BCUT2D eigenvalue weighted by molar-refractivity contribution is 6.05. The number of fused-ring (bicyclic) bond motifs is 3. The highest BCUT2D eigenvalue weighted by Crippen LogP contribution is 2.24. The summed E-state index contributed by atoms with van der Waals surface area (Å²) in [4.78, 5) is 19.7. The summed E-state index contributed by atoms with van der Waals surface area (Å²) in [7, 11) is 1.73. The van der Waals surface area contributed by atoms with Gasteiger partial charge < -0.3 is 14.6 Å². The van der Waals surface area contributed by atoms with Gasteiger partial charge in [0.05, 0.1) is 24.2 Å². The van der Waals surface area contributed by atoms with Gasteiger partial charge in [0, 0.05) is 38.0 Å². The molecule has 0 aliphatic carbocycles. The largest absolute Gasteiger partial charge is 0.383 e. The van der Waals surface area contributed by atoms with Crippen molar-refractivity contribution in [1.82, 2.24) is 14.5 Å². The molecule has 1 aromatic heterocycles. The Labute approximate surface area is 158 Å². The molecule has 1 amide bonds. The van der Waals surface area contributed by atoms with E-state index >= 15 is 0 Å². The number of hydrogen-bond donors (Lipinski definition) is 1. The molecule has 27 heavy (non-hydrogen) atoms. The molecule has 140 valence electrons. The zero-order valence-corrected chi connectivity index (χ0v) is 15.7. The van der Waals surface area contributed by atoms with Crippen molar-refractivity contribution in [2.75, 3.05) is 32.1 Å². The molecule has 0 spiro atoms. The number of hydrogen-bond acceptors (Lipinski definition) is 4. The zero-order chi connectivity index (χ0) is 18.8. The third kappa shape index (κ3) is 3.59. The molecule has 0 bridgehead atoms. The van der Waals surface area contributed by atoms with Gasteiger partial charge in [0.25, 0.3) is 5.91 Å². The van der Waals surface area contributed by atoms with Crippen molar-refractivity contribution in [2.24, 2.45) is 0 Å². The maximum Gasteiger partial charge on any atom is 0.255 e. The van der Waals surface area contributed by atoms with Crippen molar-refractivity contribution < 1.29 is 9.53 Å². The van der Waals surface area contributed by atoms with Gasteiger partial charge in [0.15, 0.2) is 0 Å². The molecule has 0 unspecified atom stereocenters. The Morgan fingerprint density at radius 2 is 2.07 bits per heavy atom. The first-order chi connectivity index (χ1) is 13.2. The van der Waals surface area contributed by atoms with Crippen LogP contribution in [-0.2, 0) is 17.8 Å². The van der Waals surface area contributed by atoms with E-state index < -0.39 is 0 Å². The molecule has 1 N–H and O–H groups in total. The molecule has 6 nitrogen and oxygen atoms in total. The van der Waals surface area contributed by atoms with Crippen LogP contribution in [0, 0.1) is 6.92 Å². The number of amides is 1. The molecule has 2 aromatic carbocycles. The van der Waals surface area contributed by atoms with E-state index in [1.165, 1.54) is 0 Å². The number of carbonyl (C=O) groups is 1. The van der Waals surface area contributed by atoms with Crippen LogP contribution in [0.3, 0.4) is 0 Å². The summed E-state index contributed by atoms with van der Waals surface area (Å²) in [5.41, 5.74) is 4.45. The second-order valence-electron chi connectivity index (χ2n) is 6.92. The van der Waals surface area contributed by atoms with E-state index in [2.05, 4.69) is 14.8 Å². The number of aryl methyl sites for hydroxylation is 1. The molecule has 4 rings (SSSR count). The smallest absolute Gasteiger partial charge is 0.255 e. The van der Waals surface area contributed by atoms with E-state index in [1.54, 1.807) is 7.11 Å². The fourth-order valence-electron chi connectivity index (χ4n) is 3.59. The SMILES string of the molecule is COCCN1CCn2c(nc3cc(NC(=O)c4ccccc4C)ccc32)C1. The summed E-state index contributed by atoms with van der Waals surface area (Å²) in [5.74, 6) is 0.969. The number of anilines is 1. The van der Waals surface area contributed by atoms with Crippen molar-refractivity contribution in [2.45, 2.75) is 20.0 Å². The molecule has 3 aromatic rings. The molecule has 0 saturated carbocycles. The van der Waals surface area contributed by atoms with Crippen molar-refractivity contribution in [3.8, 4) is 0 Å². The average molecular weight is 364 g/mol. The van der Waals surface area contributed by atoms with Gasteiger partial charge in [-0.15, -0.1) is 0 Å². The van der Waals surface area contributed by atoms with Gasteiger partial charge in [0.1, 0.15) is 5.82 Å². The average Bonchev–Trinajstić information content (AvgIpc) is 3.03. The molecule has 0 saturated heterocycles. The number of nitrogens with one attached hydrogen (secondary N) is 1. The highest BCUT2D eigenvalue weighted by atomic mass is 16.5. The minimum atomic E-state index is -0.0952. The fraction of sp³-hybridized carbons (Fsp3) is 0.333. The number of ether oxygens (including phenoxy) is 1. The number of imidazole rings is 1. The first kappa shape index (κ1) is 17.7. The van der Waals surface area contributed by atoms with Crippen LogP contribution in [0.1, 0.15) is 21.7 Å². The Morgan fingerprint density at radius 1 is 1.22 bits per heavy atom. The lowest BCUT2D eigenvalue weighted by Gasteiger charge is -2.27. The van der Waals surface area contributed by atoms with Crippen LogP contribution >= 0.6 is 0 Å². The highest BCUT2D eigenvalue weighted by Gasteiger charge is 2.20. The van der Waals surface area contributed by atoms with Gasteiger partial charge in [0.2, 0.25) is 0 Å². The number of carbonyl (C=O) groups excluding carboxylic acids is 1. The van der Waals surface area contributed by atoms with E-state index in [-0.39, 0.29) is 5.91 Å². The first-order valence-electron chi connectivity index (χ1n) is 9.23. The van der Waals surface area contributed by atoms with E-state index in [0.29, 0.717) is 5.56 Å². The molecule has 0 fully saturated rings. The van der Waals surface area contributed by atoms with Crippen molar-refractivity contribution in [1.29, 1.82) is 0 Å². The quantitative estimate of drug-likeness (QED) is 0.756. The minimum Gasteiger partial charge on any atom is -0.383 e. The van der Waals surface area contributed by atoms with Gasteiger partial charge >= 0.3 is 0 Å². The van der Waals surface area contributed by atoms with Crippen molar-refractivity contribution >= 4 is 22.6 Å². The third-order valence-corrected chi connectivity index (χ3v) is 5.09. The number of benzene rings is 2. The normalized spacial score (nSPS) is 14.3. The van der Waals surface area contributed by atoms with E-state index in [9.17, 15) is 4.79 Å². The minimum absolute atomic E-state index is 0.0952. The molecule has 2 heterocycles. The first-order valence-corrected chi connectivity index (χ1v) is 9.23. The maximum absolute atomic E-state index is 12.6. The number of aromatic nitrogens is 2. The Hall–Kier alpha value is -2.70. The predicted octanol–water partition coefficient (Wildman–Crippen LogP) is 3.06. The molecule has 0 radical (unpaired) electrons. The van der Waals surface area contributed by atoms with Crippen LogP contribution in [0.25, 0.3) is 11.0 Å². The summed E-state index contributed by atoms with van der Waals surface area (Å²) in [6, 6.07) is 13.5. The zero-order valence-electron chi connectivity index (χ0n) is 15.7. The van der Waals surface area contributed by atoms with Crippen LogP contribution in [-0.4, -0.2) is 47.2 Å². The Balaban J connectivity index is 1.55. The summed E-state index contributed by atoms with van der Waals surface area (Å²) in [5, 5.41) is 2.99. The van der Waals surface area contributed by atoms with Crippen LogP contribution in [0.5, 0.6) is 0 Å². The van der Waals surface area contributed by atoms with Crippen molar-refractivity contribution in [3.05, 3.63) is 59.4 Å². The summed E-state index contributed by atoms with van der Waals surface area (Å²) in [6.45, 7) is 6.32. The molecule has 6 heteroatoms. The van der Waals surface area contributed by atoms with Gasteiger partial charge in [-0.1, -0.05) is 18.2 Å². The standard InChI is InChI=1S/C21H24N4O2/c1-15-5-3-4-6-17(15)21(26)22-16-7-8-19-18(13-16)23-20-14-24(11-12-27-2)9-10-25(19)20/h3-8,13H,9-12,14H2,1-2H3,(H,22,26). The number of nitrogens with zero attached hydrogens (tertiary/aromatic N) is 3. The second-order valence-corrected chi connectivity index (χ2v) is 6.92. The van der Waals surface area contributed by atoms with Crippen LogP contribution in [0.2, 0.25) is 0 Å². The topological polar surface area (TPSA) is 59.4 Å². The summed E-state index contributed by atoms with van der Waals surface area (Å²) in [6.07, 6.45) is 0. The molecule has 1 aliphatic rings.